The fourth-order valence-electron chi connectivity index (χ4n) is 3.60. The molecular formula is C21H22BrN5O3S2. The fraction of sp³-hybridized carbons (Fsp3) is 0.333. The van der Waals surface area contributed by atoms with Crippen molar-refractivity contribution in [3.05, 3.63) is 44.7 Å². The van der Waals surface area contributed by atoms with Gasteiger partial charge in [-0.3, -0.25) is 4.79 Å². The van der Waals surface area contributed by atoms with Crippen molar-refractivity contribution < 1.29 is 14.3 Å². The molecule has 11 heteroatoms. The predicted molar refractivity (Wildman–Crippen MR) is 130 cm³/mol. The highest BCUT2D eigenvalue weighted by atomic mass is 79.9. The van der Waals surface area contributed by atoms with Gasteiger partial charge >= 0.3 is 5.97 Å². The van der Waals surface area contributed by atoms with E-state index in [9.17, 15) is 9.59 Å². The molecule has 3 aromatic rings. The Bertz CT molecular complexity index is 1160. The summed E-state index contributed by atoms with van der Waals surface area (Å²) < 4.78 is 7.30. The second-order valence-corrected chi connectivity index (χ2v) is 10.3. The third-order valence-corrected chi connectivity index (χ3v) is 7.77. The number of aryl methyl sites for hydroxylation is 1. The number of esters is 1. The molecule has 0 saturated carbocycles. The van der Waals surface area contributed by atoms with Crippen molar-refractivity contribution in [3.8, 4) is 11.4 Å². The zero-order valence-corrected chi connectivity index (χ0v) is 20.6. The van der Waals surface area contributed by atoms with Gasteiger partial charge in [0.05, 0.1) is 12.7 Å². The van der Waals surface area contributed by atoms with E-state index in [2.05, 4.69) is 31.4 Å². The van der Waals surface area contributed by atoms with Crippen LogP contribution in [-0.4, -0.2) is 39.6 Å². The van der Waals surface area contributed by atoms with Crippen LogP contribution in [0.15, 0.2) is 33.9 Å². The van der Waals surface area contributed by atoms with E-state index in [1.807, 2.05) is 24.3 Å². The first-order valence-electron chi connectivity index (χ1n) is 10.1. The Morgan fingerprint density at radius 3 is 2.91 bits per heavy atom. The number of aromatic nitrogens is 3. The van der Waals surface area contributed by atoms with Gasteiger partial charge in [-0.25, -0.2) is 9.47 Å². The Labute approximate surface area is 202 Å². The van der Waals surface area contributed by atoms with Crippen molar-refractivity contribution >= 4 is 55.9 Å². The Balaban J connectivity index is 1.39. The lowest BCUT2D eigenvalue weighted by atomic mass is 9.95. The highest BCUT2D eigenvalue weighted by Gasteiger charge is 2.26. The second-order valence-electron chi connectivity index (χ2n) is 7.24. The Kier molecular flexibility index (Phi) is 7.17. The summed E-state index contributed by atoms with van der Waals surface area (Å²) in [6.45, 7) is 0. The van der Waals surface area contributed by atoms with Gasteiger partial charge in [0.2, 0.25) is 11.1 Å². The van der Waals surface area contributed by atoms with Crippen molar-refractivity contribution in [3.63, 3.8) is 0 Å². The molecule has 0 fully saturated rings. The minimum Gasteiger partial charge on any atom is -0.465 e. The number of nitrogens with zero attached hydrogens (tertiary/aromatic N) is 3. The number of ether oxygens (including phenoxy) is 1. The van der Waals surface area contributed by atoms with Crippen molar-refractivity contribution in [2.45, 2.75) is 37.3 Å². The third-order valence-electron chi connectivity index (χ3n) is 5.12. The highest BCUT2D eigenvalue weighted by molar-refractivity contribution is 9.10. The van der Waals surface area contributed by atoms with Gasteiger partial charge in [-0.1, -0.05) is 39.8 Å². The van der Waals surface area contributed by atoms with Crippen LogP contribution in [0.4, 0.5) is 5.00 Å². The molecule has 0 bridgehead atoms. The smallest absolute Gasteiger partial charge is 0.341 e. The van der Waals surface area contributed by atoms with Gasteiger partial charge in [-0.15, -0.1) is 21.5 Å². The van der Waals surface area contributed by atoms with Gasteiger partial charge < -0.3 is 15.9 Å². The van der Waals surface area contributed by atoms with Gasteiger partial charge in [-0.05, 0) is 43.4 Å². The van der Waals surface area contributed by atoms with E-state index in [-0.39, 0.29) is 12.3 Å². The summed E-state index contributed by atoms with van der Waals surface area (Å²) in [5.74, 6) is 6.60. The Hall–Kier alpha value is -2.37. The highest BCUT2D eigenvalue weighted by Crippen LogP contribution is 2.38. The average Bonchev–Trinajstić information content (AvgIpc) is 3.33. The van der Waals surface area contributed by atoms with E-state index in [4.69, 9.17) is 10.6 Å². The number of benzene rings is 1. The Morgan fingerprint density at radius 1 is 1.31 bits per heavy atom. The summed E-state index contributed by atoms with van der Waals surface area (Å²) in [6, 6.07) is 7.63. The van der Waals surface area contributed by atoms with Crippen LogP contribution in [0.25, 0.3) is 11.4 Å². The molecule has 0 aliphatic heterocycles. The van der Waals surface area contributed by atoms with E-state index in [1.54, 1.807) is 0 Å². The van der Waals surface area contributed by atoms with E-state index in [1.165, 1.54) is 34.9 Å². The van der Waals surface area contributed by atoms with E-state index in [0.29, 0.717) is 27.3 Å². The number of rotatable bonds is 7. The van der Waals surface area contributed by atoms with Crippen LogP contribution < -0.4 is 11.2 Å². The van der Waals surface area contributed by atoms with Gasteiger partial charge in [0, 0.05) is 27.1 Å². The number of thiophene rings is 1. The first kappa shape index (κ1) is 22.8. The number of carbonyl (C=O) groups is 2. The van der Waals surface area contributed by atoms with Crippen molar-refractivity contribution in [2.24, 2.45) is 0 Å². The minimum atomic E-state index is -0.398. The molecule has 1 amide bonds. The number of fused-ring (bicyclic) bond motifs is 1. The van der Waals surface area contributed by atoms with Gasteiger partial charge in [0.1, 0.15) is 5.00 Å². The van der Waals surface area contributed by atoms with Crippen LogP contribution >= 0.6 is 39.0 Å². The topological polar surface area (TPSA) is 112 Å². The monoisotopic (exact) mass is 535 g/mol. The quantitative estimate of drug-likeness (QED) is 0.264. The first-order valence-corrected chi connectivity index (χ1v) is 12.7. The summed E-state index contributed by atoms with van der Waals surface area (Å²) in [4.78, 5) is 26.1. The molecular weight excluding hydrogens is 514 g/mol. The summed E-state index contributed by atoms with van der Waals surface area (Å²) in [6.07, 6.45) is 4.16. The van der Waals surface area contributed by atoms with E-state index < -0.39 is 5.97 Å². The summed E-state index contributed by atoms with van der Waals surface area (Å²) in [5, 5.41) is 12.3. The van der Waals surface area contributed by atoms with Gasteiger partial charge in [-0.2, -0.15) is 0 Å². The number of halogens is 1. The van der Waals surface area contributed by atoms with Crippen molar-refractivity contribution in [2.75, 3.05) is 24.0 Å². The lowest BCUT2D eigenvalue weighted by Crippen LogP contribution is -2.16. The maximum Gasteiger partial charge on any atom is 0.341 e. The first-order chi connectivity index (χ1) is 15.5. The van der Waals surface area contributed by atoms with Crippen LogP contribution in [0.5, 0.6) is 0 Å². The largest absolute Gasteiger partial charge is 0.465 e. The van der Waals surface area contributed by atoms with E-state index >= 15 is 0 Å². The van der Waals surface area contributed by atoms with E-state index in [0.717, 1.165) is 46.2 Å². The number of anilines is 1. The standard InChI is InChI=1S/C21H22BrN5O3S2/c1-30-20(29)17-14-7-2-3-8-15(14)32-19(17)24-16(28)9-10-31-21-26-25-18(27(21)23)12-5-4-6-13(22)11-12/h4-6,11H,2-3,7-10,23H2,1H3,(H,24,28). The second kappa shape index (κ2) is 10.1. The zero-order chi connectivity index (χ0) is 22.7. The molecule has 1 aliphatic rings. The van der Waals surface area contributed by atoms with Crippen LogP contribution in [0.3, 0.4) is 0 Å². The van der Waals surface area contributed by atoms with Gasteiger partial charge in [0.15, 0.2) is 5.82 Å². The zero-order valence-electron chi connectivity index (χ0n) is 17.4. The molecule has 4 rings (SSSR count). The Morgan fingerprint density at radius 2 is 2.12 bits per heavy atom. The van der Waals surface area contributed by atoms with Gasteiger partial charge in [0.25, 0.3) is 0 Å². The third kappa shape index (κ3) is 4.84. The number of hydrogen-bond acceptors (Lipinski definition) is 8. The lowest BCUT2D eigenvalue weighted by molar-refractivity contribution is -0.115. The molecule has 2 aromatic heterocycles. The molecule has 32 heavy (non-hydrogen) atoms. The molecule has 2 heterocycles. The van der Waals surface area contributed by atoms with Crippen molar-refractivity contribution in [1.29, 1.82) is 0 Å². The van der Waals surface area contributed by atoms with Crippen LogP contribution in [0.2, 0.25) is 0 Å². The number of hydrogen-bond donors (Lipinski definition) is 2. The van der Waals surface area contributed by atoms with Crippen LogP contribution in [-0.2, 0) is 22.4 Å². The average molecular weight is 536 g/mol. The molecule has 168 valence electrons. The SMILES string of the molecule is COC(=O)c1c(NC(=O)CCSc2nnc(-c3cccc(Br)c3)n2N)sc2c1CCCC2. The van der Waals surface area contributed by atoms with Crippen LogP contribution in [0.1, 0.15) is 40.1 Å². The number of carbonyl (C=O) groups excluding carboxylic acids is 2. The molecule has 1 aliphatic carbocycles. The molecule has 0 unspecified atom stereocenters. The summed E-state index contributed by atoms with van der Waals surface area (Å²) in [5.41, 5.74) is 2.37. The molecule has 0 atom stereocenters. The molecule has 3 N–H and O–H groups in total. The normalized spacial score (nSPS) is 12.9. The summed E-state index contributed by atoms with van der Waals surface area (Å²) in [7, 11) is 1.36. The molecule has 0 saturated heterocycles. The molecule has 0 spiro atoms. The number of thioether (sulfide) groups is 1. The summed E-state index contributed by atoms with van der Waals surface area (Å²) >= 11 is 6.27. The maximum atomic E-state index is 12.6. The molecule has 0 radical (unpaired) electrons. The fourth-order valence-corrected chi connectivity index (χ4v) is 6.08. The number of nitrogen functional groups attached to an aromatic ring is 1. The molecule has 1 aromatic carbocycles. The molecule has 8 nitrogen and oxygen atoms in total. The number of methoxy groups -OCH3 is 1. The lowest BCUT2D eigenvalue weighted by Gasteiger charge is -2.11. The van der Waals surface area contributed by atoms with Crippen LogP contribution in [0, 0.1) is 0 Å². The number of nitrogens with two attached hydrogens (primary N) is 1. The maximum absolute atomic E-state index is 12.6. The minimum absolute atomic E-state index is 0.170. The number of nitrogens with one attached hydrogen (secondary N) is 1. The van der Waals surface area contributed by atoms with Crippen molar-refractivity contribution in [1.82, 2.24) is 14.9 Å². The number of amides is 1. The predicted octanol–water partition coefficient (Wildman–Crippen LogP) is 4.27.